The van der Waals surface area contributed by atoms with Gasteiger partial charge in [0.05, 0.1) is 5.16 Å². The summed E-state index contributed by atoms with van der Waals surface area (Å²) in [5.74, 6) is 0. The van der Waals surface area contributed by atoms with Crippen LogP contribution in [0.15, 0.2) is 0 Å². The standard InChI is InChI=1S/C9H20O6P2/c1-8(2)7-9(3,15-16(8,10)12-4)17(11,13-5)14-6/h7H2,1-6H3. The second-order valence-electron chi connectivity index (χ2n) is 4.80. The third-order valence-electron chi connectivity index (χ3n) is 3.12. The Morgan fingerprint density at radius 2 is 1.65 bits per heavy atom. The van der Waals surface area contributed by atoms with Gasteiger partial charge in [-0.05, 0) is 20.8 Å². The Kier molecular flexibility index (Phi) is 4.02. The first kappa shape index (κ1) is 15.4. The van der Waals surface area contributed by atoms with Crippen LogP contribution in [0.3, 0.4) is 0 Å². The van der Waals surface area contributed by atoms with E-state index in [1.807, 2.05) is 0 Å². The normalized spacial score (nSPS) is 37.3. The Morgan fingerprint density at radius 1 is 1.18 bits per heavy atom. The zero-order valence-electron chi connectivity index (χ0n) is 11.1. The molecule has 0 aromatic heterocycles. The van der Waals surface area contributed by atoms with E-state index < -0.39 is 25.7 Å². The quantitative estimate of drug-likeness (QED) is 0.739. The highest BCUT2D eigenvalue weighted by atomic mass is 31.2. The molecule has 0 radical (unpaired) electrons. The topological polar surface area (TPSA) is 71.1 Å². The van der Waals surface area contributed by atoms with E-state index in [0.717, 1.165) is 0 Å². The van der Waals surface area contributed by atoms with Crippen molar-refractivity contribution in [2.75, 3.05) is 21.3 Å². The Hall–Kier alpha value is 0.300. The number of hydrogen-bond acceptors (Lipinski definition) is 6. The highest BCUT2D eigenvalue weighted by molar-refractivity contribution is 7.60. The van der Waals surface area contributed by atoms with Crippen LogP contribution >= 0.6 is 15.2 Å². The van der Waals surface area contributed by atoms with Crippen LogP contribution in [0.1, 0.15) is 27.2 Å². The summed E-state index contributed by atoms with van der Waals surface area (Å²) in [6.45, 7) is 5.07. The molecule has 17 heavy (non-hydrogen) atoms. The molecule has 2 unspecified atom stereocenters. The van der Waals surface area contributed by atoms with E-state index in [4.69, 9.17) is 18.1 Å². The SMILES string of the molecule is COP1(=O)OC(C)(P(=O)(OC)OC)CC1(C)C. The molecule has 1 rings (SSSR count). The molecular weight excluding hydrogens is 266 g/mol. The molecule has 6 nitrogen and oxygen atoms in total. The average molecular weight is 286 g/mol. The summed E-state index contributed by atoms with van der Waals surface area (Å²) in [4.78, 5) is 0. The Morgan fingerprint density at radius 3 is 1.94 bits per heavy atom. The molecule has 0 spiro atoms. The molecule has 102 valence electrons. The van der Waals surface area contributed by atoms with Gasteiger partial charge in [0.2, 0.25) is 0 Å². The molecule has 0 aromatic rings. The summed E-state index contributed by atoms with van der Waals surface area (Å²) in [6, 6.07) is 0. The Labute approximate surface area is 102 Å². The molecule has 1 aliphatic rings. The van der Waals surface area contributed by atoms with Gasteiger partial charge < -0.3 is 13.6 Å². The van der Waals surface area contributed by atoms with E-state index in [0.29, 0.717) is 0 Å². The van der Waals surface area contributed by atoms with Crippen molar-refractivity contribution in [3.05, 3.63) is 0 Å². The van der Waals surface area contributed by atoms with Gasteiger partial charge in [-0.15, -0.1) is 0 Å². The zero-order chi connectivity index (χ0) is 13.5. The Balaban J connectivity index is 3.22. The lowest BCUT2D eigenvalue weighted by atomic mass is 10.1. The van der Waals surface area contributed by atoms with Crippen molar-refractivity contribution in [2.24, 2.45) is 0 Å². The Bertz CT molecular complexity index is 385. The van der Waals surface area contributed by atoms with Gasteiger partial charge in [0.25, 0.3) is 0 Å². The van der Waals surface area contributed by atoms with Crippen molar-refractivity contribution in [2.45, 2.75) is 37.7 Å². The third-order valence-corrected chi connectivity index (χ3v) is 8.40. The van der Waals surface area contributed by atoms with Crippen LogP contribution in [0, 0.1) is 0 Å². The van der Waals surface area contributed by atoms with Gasteiger partial charge >= 0.3 is 15.2 Å². The summed E-state index contributed by atoms with van der Waals surface area (Å²) < 4.78 is 45.2. The maximum Gasteiger partial charge on any atom is 0.361 e. The number of rotatable bonds is 4. The average Bonchev–Trinajstić information content (AvgIpc) is 2.45. The lowest BCUT2D eigenvalue weighted by Gasteiger charge is -2.29. The lowest BCUT2D eigenvalue weighted by Crippen LogP contribution is -2.27. The second kappa shape index (κ2) is 4.44. The minimum Gasteiger partial charge on any atom is -0.312 e. The van der Waals surface area contributed by atoms with Crippen molar-refractivity contribution in [3.63, 3.8) is 0 Å². The first-order valence-electron chi connectivity index (χ1n) is 5.18. The molecule has 0 saturated carbocycles. The molecule has 0 amide bonds. The predicted molar refractivity (Wildman–Crippen MR) is 64.4 cm³/mol. The maximum atomic E-state index is 12.5. The van der Waals surface area contributed by atoms with Gasteiger partial charge in [-0.25, -0.2) is 0 Å². The first-order valence-corrected chi connectivity index (χ1v) is 8.26. The van der Waals surface area contributed by atoms with Gasteiger partial charge in [0, 0.05) is 27.8 Å². The third kappa shape index (κ3) is 2.16. The second-order valence-corrected chi connectivity index (χ2v) is 10.2. The molecule has 2 atom stereocenters. The van der Waals surface area contributed by atoms with Gasteiger partial charge in [0.15, 0.2) is 5.34 Å². The molecule has 0 aromatic carbocycles. The van der Waals surface area contributed by atoms with Crippen molar-refractivity contribution in [1.29, 1.82) is 0 Å². The van der Waals surface area contributed by atoms with Crippen molar-refractivity contribution < 1.29 is 27.2 Å². The fourth-order valence-electron chi connectivity index (χ4n) is 2.21. The van der Waals surface area contributed by atoms with Gasteiger partial charge in [0.1, 0.15) is 0 Å². The molecular formula is C9H20O6P2. The minimum atomic E-state index is -3.49. The zero-order valence-corrected chi connectivity index (χ0v) is 12.8. The van der Waals surface area contributed by atoms with Crippen LogP contribution in [-0.2, 0) is 27.2 Å². The number of hydrogen-bond donors (Lipinski definition) is 0. The van der Waals surface area contributed by atoms with E-state index in [9.17, 15) is 9.13 Å². The van der Waals surface area contributed by atoms with E-state index >= 15 is 0 Å². The highest BCUT2D eigenvalue weighted by Crippen LogP contribution is 2.78. The van der Waals surface area contributed by atoms with Gasteiger partial charge in [-0.3, -0.25) is 13.7 Å². The van der Waals surface area contributed by atoms with Gasteiger partial charge in [-0.1, -0.05) is 0 Å². The summed E-state index contributed by atoms with van der Waals surface area (Å²) in [5.41, 5.74) is 0. The van der Waals surface area contributed by atoms with E-state index in [1.165, 1.54) is 21.3 Å². The smallest absolute Gasteiger partial charge is 0.312 e. The van der Waals surface area contributed by atoms with Crippen molar-refractivity contribution in [1.82, 2.24) is 0 Å². The minimum absolute atomic E-state index is 0.268. The van der Waals surface area contributed by atoms with Crippen molar-refractivity contribution in [3.8, 4) is 0 Å². The van der Waals surface area contributed by atoms with Crippen LogP contribution in [0.2, 0.25) is 0 Å². The molecule has 0 bridgehead atoms. The van der Waals surface area contributed by atoms with Crippen LogP contribution < -0.4 is 0 Å². The van der Waals surface area contributed by atoms with E-state index in [1.54, 1.807) is 20.8 Å². The monoisotopic (exact) mass is 286 g/mol. The van der Waals surface area contributed by atoms with Crippen LogP contribution in [0.25, 0.3) is 0 Å². The molecule has 0 N–H and O–H groups in total. The lowest BCUT2D eigenvalue weighted by molar-refractivity contribution is 0.119. The molecule has 1 fully saturated rings. The summed E-state index contributed by atoms with van der Waals surface area (Å²) in [5, 5.41) is -1.99. The maximum absolute atomic E-state index is 12.5. The highest BCUT2D eigenvalue weighted by Gasteiger charge is 2.65. The summed E-state index contributed by atoms with van der Waals surface area (Å²) >= 11 is 0. The van der Waals surface area contributed by atoms with Crippen molar-refractivity contribution >= 4 is 15.2 Å². The van der Waals surface area contributed by atoms with Crippen LogP contribution in [-0.4, -0.2) is 31.8 Å². The predicted octanol–water partition coefficient (Wildman–Crippen LogP) is 3.23. The molecule has 1 saturated heterocycles. The molecule has 0 aliphatic carbocycles. The summed E-state index contributed by atoms with van der Waals surface area (Å²) in [7, 11) is -2.94. The largest absolute Gasteiger partial charge is 0.361 e. The van der Waals surface area contributed by atoms with E-state index in [2.05, 4.69) is 0 Å². The fourth-order valence-corrected chi connectivity index (χ4v) is 6.46. The van der Waals surface area contributed by atoms with Crippen LogP contribution in [0.5, 0.6) is 0 Å². The molecule has 1 aliphatic heterocycles. The summed E-state index contributed by atoms with van der Waals surface area (Å²) in [6.07, 6.45) is 0.268. The van der Waals surface area contributed by atoms with E-state index in [-0.39, 0.29) is 6.42 Å². The van der Waals surface area contributed by atoms with Crippen LogP contribution in [0.4, 0.5) is 0 Å². The van der Waals surface area contributed by atoms with Gasteiger partial charge in [-0.2, -0.15) is 0 Å². The molecule has 1 heterocycles. The fraction of sp³-hybridized carbons (Fsp3) is 1.00. The molecule has 8 heteroatoms. The first-order chi connectivity index (χ1) is 7.60.